The molecule has 13 heavy (non-hydrogen) atoms. The lowest BCUT2D eigenvalue weighted by atomic mass is 10.3. The van der Waals surface area contributed by atoms with Gasteiger partial charge in [0.2, 0.25) is 0 Å². The second kappa shape index (κ2) is 7.26. The normalized spacial score (nSPS) is 16.2. The Kier molecular flexibility index (Phi) is 7.17. The van der Waals surface area contributed by atoms with Crippen LogP contribution in [-0.4, -0.2) is 51.6 Å². The van der Waals surface area contributed by atoms with Crippen LogP contribution < -0.4 is 5.43 Å². The van der Waals surface area contributed by atoms with E-state index >= 15 is 0 Å². The van der Waals surface area contributed by atoms with Crippen LogP contribution in [0.4, 0.5) is 0 Å². The monoisotopic (exact) mass is 190 g/mol. The summed E-state index contributed by atoms with van der Waals surface area (Å²) in [4.78, 5) is 0. The van der Waals surface area contributed by atoms with E-state index in [0.717, 1.165) is 6.61 Å². The van der Waals surface area contributed by atoms with Gasteiger partial charge in [-0.15, -0.1) is 0 Å². The molecule has 0 rings (SSSR count). The van der Waals surface area contributed by atoms with Gasteiger partial charge in [-0.2, -0.15) is 0 Å². The molecule has 0 saturated heterocycles. The van der Waals surface area contributed by atoms with Gasteiger partial charge in [-0.05, 0) is 13.8 Å². The first kappa shape index (κ1) is 12.8. The predicted octanol–water partition coefficient (Wildman–Crippen LogP) is 0.493. The standard InChI is InChI=1S/C9H22N2O2/c1-8(6-12-4)10-11(3)9(2)7-13-5/h8-10H,6-7H2,1-5H3. The number of ether oxygens (including phenoxy) is 2. The molecule has 0 aliphatic carbocycles. The topological polar surface area (TPSA) is 33.7 Å². The van der Waals surface area contributed by atoms with Gasteiger partial charge in [0, 0.05) is 33.4 Å². The summed E-state index contributed by atoms with van der Waals surface area (Å²) in [5, 5.41) is 2.05. The minimum absolute atomic E-state index is 0.328. The summed E-state index contributed by atoms with van der Waals surface area (Å²) in [5.74, 6) is 0. The van der Waals surface area contributed by atoms with Crippen LogP contribution in [-0.2, 0) is 9.47 Å². The number of methoxy groups -OCH3 is 2. The molecule has 0 bridgehead atoms. The smallest absolute Gasteiger partial charge is 0.0629 e. The lowest BCUT2D eigenvalue weighted by Gasteiger charge is -2.28. The predicted molar refractivity (Wildman–Crippen MR) is 53.6 cm³/mol. The maximum atomic E-state index is 5.05. The van der Waals surface area contributed by atoms with Crippen molar-refractivity contribution in [1.82, 2.24) is 10.4 Å². The zero-order chi connectivity index (χ0) is 10.3. The fourth-order valence-electron chi connectivity index (χ4n) is 1.12. The molecule has 1 N–H and O–H groups in total. The highest BCUT2D eigenvalue weighted by atomic mass is 16.5. The Morgan fingerprint density at radius 2 is 1.69 bits per heavy atom. The SMILES string of the molecule is COCC(C)NN(C)C(C)COC. The van der Waals surface area contributed by atoms with Crippen molar-refractivity contribution in [3.63, 3.8) is 0 Å². The van der Waals surface area contributed by atoms with Crippen LogP contribution in [0.5, 0.6) is 0 Å². The molecule has 0 aromatic carbocycles. The van der Waals surface area contributed by atoms with Gasteiger partial charge in [-0.25, -0.2) is 5.01 Å². The zero-order valence-corrected chi connectivity index (χ0v) is 9.33. The van der Waals surface area contributed by atoms with Crippen LogP contribution >= 0.6 is 0 Å². The average Bonchev–Trinajstić information content (AvgIpc) is 2.05. The average molecular weight is 190 g/mol. The van der Waals surface area contributed by atoms with E-state index in [4.69, 9.17) is 9.47 Å². The summed E-state index contributed by atoms with van der Waals surface area (Å²) in [6.45, 7) is 5.63. The summed E-state index contributed by atoms with van der Waals surface area (Å²) in [6, 6.07) is 0.693. The number of nitrogens with one attached hydrogen (secondary N) is 1. The highest BCUT2D eigenvalue weighted by Gasteiger charge is 2.10. The van der Waals surface area contributed by atoms with Gasteiger partial charge in [0.15, 0.2) is 0 Å². The van der Waals surface area contributed by atoms with E-state index in [-0.39, 0.29) is 0 Å². The van der Waals surface area contributed by atoms with Crippen molar-refractivity contribution in [2.75, 3.05) is 34.5 Å². The molecule has 0 spiro atoms. The minimum atomic E-state index is 0.328. The quantitative estimate of drug-likeness (QED) is 0.593. The van der Waals surface area contributed by atoms with Crippen molar-refractivity contribution in [2.24, 2.45) is 0 Å². The highest BCUT2D eigenvalue weighted by molar-refractivity contribution is 4.62. The first-order chi connectivity index (χ1) is 6.11. The number of hydrazine groups is 1. The molecule has 0 fully saturated rings. The fourth-order valence-corrected chi connectivity index (χ4v) is 1.12. The first-order valence-electron chi connectivity index (χ1n) is 4.58. The van der Waals surface area contributed by atoms with E-state index in [1.165, 1.54) is 0 Å². The lowest BCUT2D eigenvalue weighted by Crippen LogP contribution is -2.48. The fraction of sp³-hybridized carbons (Fsp3) is 1.00. The molecule has 0 heterocycles. The van der Waals surface area contributed by atoms with Crippen LogP contribution in [0.25, 0.3) is 0 Å². The molecule has 0 aliphatic heterocycles. The Balaban J connectivity index is 3.64. The van der Waals surface area contributed by atoms with Crippen LogP contribution in [0.2, 0.25) is 0 Å². The third-order valence-corrected chi connectivity index (χ3v) is 1.91. The molecule has 0 aromatic rings. The summed E-state index contributed by atoms with van der Waals surface area (Å²) in [7, 11) is 5.43. The maximum absolute atomic E-state index is 5.05. The van der Waals surface area contributed by atoms with Crippen molar-refractivity contribution in [3.8, 4) is 0 Å². The van der Waals surface area contributed by atoms with E-state index in [9.17, 15) is 0 Å². The second-order valence-electron chi connectivity index (χ2n) is 3.40. The molecule has 0 radical (unpaired) electrons. The van der Waals surface area contributed by atoms with E-state index in [1.54, 1.807) is 14.2 Å². The Morgan fingerprint density at radius 3 is 2.15 bits per heavy atom. The molecule has 2 unspecified atom stereocenters. The van der Waals surface area contributed by atoms with Crippen LogP contribution in [0.3, 0.4) is 0 Å². The van der Waals surface area contributed by atoms with Gasteiger partial charge >= 0.3 is 0 Å². The molecule has 80 valence electrons. The third-order valence-electron chi connectivity index (χ3n) is 1.91. The van der Waals surface area contributed by atoms with Crippen molar-refractivity contribution >= 4 is 0 Å². The number of hydrogen-bond acceptors (Lipinski definition) is 4. The van der Waals surface area contributed by atoms with Crippen LogP contribution in [0.15, 0.2) is 0 Å². The summed E-state index contributed by atoms with van der Waals surface area (Å²) < 4.78 is 10.1. The summed E-state index contributed by atoms with van der Waals surface area (Å²) >= 11 is 0. The van der Waals surface area contributed by atoms with E-state index in [0.29, 0.717) is 18.7 Å². The highest BCUT2D eigenvalue weighted by Crippen LogP contribution is 1.93. The minimum Gasteiger partial charge on any atom is -0.383 e. The molecule has 4 heteroatoms. The van der Waals surface area contributed by atoms with Crippen molar-refractivity contribution in [1.29, 1.82) is 0 Å². The molecule has 2 atom stereocenters. The van der Waals surface area contributed by atoms with Crippen molar-refractivity contribution < 1.29 is 9.47 Å². The van der Waals surface area contributed by atoms with Gasteiger partial charge in [-0.1, -0.05) is 0 Å². The molecular formula is C9H22N2O2. The molecule has 4 nitrogen and oxygen atoms in total. The van der Waals surface area contributed by atoms with Gasteiger partial charge < -0.3 is 9.47 Å². The number of nitrogens with zero attached hydrogens (tertiary/aromatic N) is 1. The number of hydrogen-bond donors (Lipinski definition) is 1. The third kappa shape index (κ3) is 5.99. The van der Waals surface area contributed by atoms with Gasteiger partial charge in [0.1, 0.15) is 0 Å². The van der Waals surface area contributed by atoms with Crippen molar-refractivity contribution in [2.45, 2.75) is 25.9 Å². The largest absolute Gasteiger partial charge is 0.383 e. The van der Waals surface area contributed by atoms with Crippen LogP contribution in [0, 0.1) is 0 Å². The first-order valence-corrected chi connectivity index (χ1v) is 4.58. The number of rotatable bonds is 7. The summed E-state index contributed by atoms with van der Waals surface area (Å²) in [6.07, 6.45) is 0. The molecule has 0 aliphatic rings. The molecule has 0 amide bonds. The second-order valence-corrected chi connectivity index (χ2v) is 3.40. The molecule has 0 saturated carbocycles. The maximum Gasteiger partial charge on any atom is 0.0629 e. The Bertz CT molecular complexity index is 122. The Morgan fingerprint density at radius 1 is 1.15 bits per heavy atom. The van der Waals surface area contributed by atoms with Gasteiger partial charge in [0.05, 0.1) is 13.2 Å². The van der Waals surface area contributed by atoms with E-state index in [1.807, 2.05) is 12.1 Å². The van der Waals surface area contributed by atoms with E-state index in [2.05, 4.69) is 19.3 Å². The molecular weight excluding hydrogens is 168 g/mol. The number of likely N-dealkylation sites (N-methyl/N-ethyl adjacent to an activating group) is 1. The lowest BCUT2D eigenvalue weighted by molar-refractivity contribution is 0.0565. The van der Waals surface area contributed by atoms with Crippen molar-refractivity contribution in [3.05, 3.63) is 0 Å². The zero-order valence-electron chi connectivity index (χ0n) is 9.33. The summed E-state index contributed by atoms with van der Waals surface area (Å²) in [5.41, 5.74) is 3.29. The van der Waals surface area contributed by atoms with Gasteiger partial charge in [0.25, 0.3) is 0 Å². The van der Waals surface area contributed by atoms with Crippen LogP contribution in [0.1, 0.15) is 13.8 Å². The Hall–Kier alpha value is -0.160. The van der Waals surface area contributed by atoms with Gasteiger partial charge in [-0.3, -0.25) is 5.43 Å². The molecule has 0 aromatic heterocycles. The Labute approximate surface area is 81.2 Å². The van der Waals surface area contributed by atoms with E-state index < -0.39 is 0 Å².